The first-order chi connectivity index (χ1) is 12.0. The molecule has 6 heteroatoms. The molecular weight excluding hydrogens is 330 g/mol. The Morgan fingerprint density at radius 1 is 1.08 bits per heavy atom. The largest absolute Gasteiger partial charge is 0.490 e. The molecule has 0 spiro atoms. The van der Waals surface area contributed by atoms with E-state index in [9.17, 15) is 13.6 Å². The van der Waals surface area contributed by atoms with E-state index in [2.05, 4.69) is 6.92 Å². The molecule has 0 amide bonds. The fourth-order valence-electron chi connectivity index (χ4n) is 3.29. The summed E-state index contributed by atoms with van der Waals surface area (Å²) in [4.78, 5) is 10.4. The molecule has 1 aliphatic rings. The Labute approximate surface area is 147 Å². The highest BCUT2D eigenvalue weighted by atomic mass is 19.2. The van der Waals surface area contributed by atoms with E-state index in [0.29, 0.717) is 12.5 Å². The number of hydrogen-bond donors (Lipinski definition) is 1. The van der Waals surface area contributed by atoms with E-state index in [-0.39, 0.29) is 24.5 Å². The Hall–Kier alpha value is -1.85. The quantitative estimate of drug-likeness (QED) is 0.690. The number of carbonyl (C=O) groups is 1. The zero-order chi connectivity index (χ0) is 18.2. The molecular formula is C19H26F2O4. The molecule has 0 aromatic heterocycles. The van der Waals surface area contributed by atoms with Crippen molar-refractivity contribution in [1.82, 2.24) is 0 Å². The van der Waals surface area contributed by atoms with Crippen LogP contribution in [0.3, 0.4) is 0 Å². The van der Waals surface area contributed by atoms with E-state index in [4.69, 9.17) is 14.6 Å². The molecule has 0 heterocycles. The lowest BCUT2D eigenvalue weighted by atomic mass is 9.80. The molecule has 0 bridgehead atoms. The highest BCUT2D eigenvalue weighted by Crippen LogP contribution is 2.33. The van der Waals surface area contributed by atoms with Crippen molar-refractivity contribution in [2.45, 2.75) is 51.9 Å². The molecule has 2 rings (SSSR count). The minimum absolute atomic E-state index is 0.126. The van der Waals surface area contributed by atoms with E-state index in [0.717, 1.165) is 18.8 Å². The third-order valence-electron chi connectivity index (χ3n) is 4.72. The SMILES string of the molecule is CCCC1CCC(COc2ccc(OCCC(=O)O)c(F)c2F)CC1. The third-order valence-corrected chi connectivity index (χ3v) is 4.72. The first kappa shape index (κ1) is 19.5. The Morgan fingerprint density at radius 3 is 2.20 bits per heavy atom. The van der Waals surface area contributed by atoms with Crippen LogP contribution in [0.5, 0.6) is 11.5 Å². The van der Waals surface area contributed by atoms with Crippen molar-refractivity contribution in [2.24, 2.45) is 11.8 Å². The molecule has 1 fully saturated rings. The predicted octanol–water partition coefficient (Wildman–Crippen LogP) is 4.80. The van der Waals surface area contributed by atoms with E-state index in [1.54, 1.807) is 0 Å². The summed E-state index contributed by atoms with van der Waals surface area (Å²) >= 11 is 0. The second-order valence-electron chi connectivity index (χ2n) is 6.67. The summed E-state index contributed by atoms with van der Waals surface area (Å²) in [5.41, 5.74) is 0. The number of rotatable bonds is 9. The number of aliphatic carboxylic acids is 1. The zero-order valence-electron chi connectivity index (χ0n) is 14.6. The summed E-state index contributed by atoms with van der Waals surface area (Å²) in [6, 6.07) is 2.60. The van der Waals surface area contributed by atoms with Gasteiger partial charge in [-0.05, 0) is 36.8 Å². The summed E-state index contributed by atoms with van der Waals surface area (Å²) < 4.78 is 38.5. The van der Waals surface area contributed by atoms with Crippen LogP contribution in [0.15, 0.2) is 12.1 Å². The van der Waals surface area contributed by atoms with Crippen molar-refractivity contribution < 1.29 is 28.2 Å². The lowest BCUT2D eigenvalue weighted by Crippen LogP contribution is -2.20. The molecule has 1 aromatic rings. The second-order valence-corrected chi connectivity index (χ2v) is 6.67. The van der Waals surface area contributed by atoms with Crippen molar-refractivity contribution in [3.63, 3.8) is 0 Å². The smallest absolute Gasteiger partial charge is 0.306 e. The van der Waals surface area contributed by atoms with Crippen LogP contribution in [0.4, 0.5) is 8.78 Å². The molecule has 1 aliphatic carbocycles. The van der Waals surface area contributed by atoms with Crippen molar-refractivity contribution in [1.29, 1.82) is 0 Å². The molecule has 0 atom stereocenters. The summed E-state index contributed by atoms with van der Waals surface area (Å²) in [7, 11) is 0. The van der Waals surface area contributed by atoms with Gasteiger partial charge < -0.3 is 14.6 Å². The third kappa shape index (κ3) is 5.87. The molecule has 1 aromatic carbocycles. The van der Waals surface area contributed by atoms with Gasteiger partial charge in [0.05, 0.1) is 19.6 Å². The molecule has 0 saturated heterocycles. The van der Waals surface area contributed by atoms with Gasteiger partial charge in [0, 0.05) is 0 Å². The molecule has 0 aliphatic heterocycles. The van der Waals surface area contributed by atoms with Gasteiger partial charge in [-0.15, -0.1) is 0 Å². The van der Waals surface area contributed by atoms with Crippen LogP contribution in [0.2, 0.25) is 0 Å². The molecule has 0 radical (unpaired) electrons. The van der Waals surface area contributed by atoms with Crippen molar-refractivity contribution in [2.75, 3.05) is 13.2 Å². The maximum atomic E-state index is 14.1. The number of benzene rings is 1. The van der Waals surface area contributed by atoms with E-state index in [1.807, 2.05) is 0 Å². The van der Waals surface area contributed by atoms with Crippen molar-refractivity contribution in [3.05, 3.63) is 23.8 Å². The number of carboxylic acid groups (broad SMARTS) is 1. The van der Waals surface area contributed by atoms with Crippen LogP contribution in [-0.2, 0) is 4.79 Å². The van der Waals surface area contributed by atoms with Gasteiger partial charge in [0.1, 0.15) is 0 Å². The average molecular weight is 356 g/mol. The molecule has 1 saturated carbocycles. The van der Waals surface area contributed by atoms with Gasteiger partial charge in [0.15, 0.2) is 11.5 Å². The minimum atomic E-state index is -1.14. The maximum absolute atomic E-state index is 14.1. The van der Waals surface area contributed by atoms with Crippen LogP contribution < -0.4 is 9.47 Å². The van der Waals surface area contributed by atoms with Crippen LogP contribution in [0.1, 0.15) is 51.9 Å². The normalized spacial score (nSPS) is 20.3. The Morgan fingerprint density at radius 2 is 1.64 bits per heavy atom. The lowest BCUT2D eigenvalue weighted by molar-refractivity contribution is -0.137. The summed E-state index contributed by atoms with van der Waals surface area (Å²) in [6.45, 7) is 2.36. The van der Waals surface area contributed by atoms with Crippen LogP contribution in [0, 0.1) is 23.5 Å². The second kappa shape index (κ2) is 9.59. The Balaban J connectivity index is 1.84. The molecule has 140 valence electrons. The number of hydrogen-bond acceptors (Lipinski definition) is 3. The van der Waals surface area contributed by atoms with E-state index < -0.39 is 17.6 Å². The van der Waals surface area contributed by atoms with Crippen LogP contribution >= 0.6 is 0 Å². The van der Waals surface area contributed by atoms with Gasteiger partial charge in [-0.25, -0.2) is 0 Å². The highest BCUT2D eigenvalue weighted by Gasteiger charge is 2.22. The van der Waals surface area contributed by atoms with Crippen molar-refractivity contribution in [3.8, 4) is 11.5 Å². The van der Waals surface area contributed by atoms with E-state index >= 15 is 0 Å². The van der Waals surface area contributed by atoms with Crippen LogP contribution in [0.25, 0.3) is 0 Å². The Bertz CT molecular complexity index is 569. The first-order valence-electron chi connectivity index (χ1n) is 8.96. The Kier molecular flexibility index (Phi) is 7.47. The minimum Gasteiger partial charge on any atom is -0.490 e. The predicted molar refractivity (Wildman–Crippen MR) is 90.0 cm³/mol. The fourth-order valence-corrected chi connectivity index (χ4v) is 3.29. The van der Waals surface area contributed by atoms with Crippen LogP contribution in [-0.4, -0.2) is 24.3 Å². The van der Waals surface area contributed by atoms with Gasteiger partial charge in [-0.2, -0.15) is 8.78 Å². The van der Waals surface area contributed by atoms with Crippen molar-refractivity contribution >= 4 is 5.97 Å². The summed E-state index contributed by atoms with van der Waals surface area (Å²) in [6.07, 6.45) is 6.66. The monoisotopic (exact) mass is 356 g/mol. The number of carboxylic acids is 1. The number of halogens is 2. The van der Waals surface area contributed by atoms with Gasteiger partial charge >= 0.3 is 5.97 Å². The van der Waals surface area contributed by atoms with Gasteiger partial charge in [-0.1, -0.05) is 32.6 Å². The van der Waals surface area contributed by atoms with Gasteiger partial charge in [-0.3, -0.25) is 4.79 Å². The number of ether oxygens (including phenoxy) is 2. The molecule has 0 unspecified atom stereocenters. The first-order valence-corrected chi connectivity index (χ1v) is 8.96. The lowest BCUT2D eigenvalue weighted by Gasteiger charge is -2.28. The average Bonchev–Trinajstić information content (AvgIpc) is 2.59. The zero-order valence-corrected chi connectivity index (χ0v) is 14.6. The van der Waals surface area contributed by atoms with E-state index in [1.165, 1.54) is 37.8 Å². The standard InChI is InChI=1S/C19H26F2O4/c1-2-3-13-4-6-14(7-5-13)12-25-16-9-8-15(18(20)19(16)21)24-11-10-17(22)23/h8-9,13-14H,2-7,10-12H2,1H3,(H,22,23). The fraction of sp³-hybridized carbons (Fsp3) is 0.632. The van der Waals surface area contributed by atoms with Gasteiger partial charge in [0.25, 0.3) is 0 Å². The highest BCUT2D eigenvalue weighted by molar-refractivity contribution is 5.66. The molecule has 1 N–H and O–H groups in total. The maximum Gasteiger partial charge on any atom is 0.306 e. The molecule has 25 heavy (non-hydrogen) atoms. The summed E-state index contributed by atoms with van der Waals surface area (Å²) in [5.74, 6) is -2.55. The molecule has 4 nitrogen and oxygen atoms in total. The van der Waals surface area contributed by atoms with Gasteiger partial charge in [0.2, 0.25) is 11.6 Å². The topological polar surface area (TPSA) is 55.8 Å². The summed E-state index contributed by atoms with van der Waals surface area (Å²) in [5, 5.41) is 8.53.